The van der Waals surface area contributed by atoms with E-state index in [1.807, 2.05) is 6.92 Å². The molecule has 2 aliphatic rings. The predicted molar refractivity (Wildman–Crippen MR) is 71.0 cm³/mol. The van der Waals surface area contributed by atoms with E-state index in [0.717, 1.165) is 37.7 Å². The molecular weight excluding hydrogens is 228 g/mol. The monoisotopic (exact) mass is 248 g/mol. The summed E-state index contributed by atoms with van der Waals surface area (Å²) in [7, 11) is 0. The summed E-state index contributed by atoms with van der Waals surface area (Å²) < 4.78 is 0. The van der Waals surface area contributed by atoms with Gasteiger partial charge in [-0.1, -0.05) is 6.92 Å². The number of nitrogens with one attached hydrogen (secondary N) is 2. The number of hydrogen-bond acceptors (Lipinski definition) is 4. The Balaban J connectivity index is 1.93. The number of hydrogen-bond donors (Lipinski definition) is 2. The van der Waals surface area contributed by atoms with Gasteiger partial charge in [-0.2, -0.15) is 0 Å². The number of aryl methyl sites for hydroxylation is 1. The molecule has 2 unspecified atom stereocenters. The van der Waals surface area contributed by atoms with Crippen LogP contribution in [0.3, 0.4) is 0 Å². The van der Waals surface area contributed by atoms with E-state index in [1.165, 1.54) is 12.8 Å². The first-order chi connectivity index (χ1) is 8.78. The Labute approximate surface area is 107 Å². The molecule has 0 radical (unpaired) electrons. The molecule has 98 valence electrons. The number of aromatic nitrogens is 2. The van der Waals surface area contributed by atoms with Crippen LogP contribution < -0.4 is 15.8 Å². The quantitative estimate of drug-likeness (QED) is 0.801. The normalized spacial score (nSPS) is 27.3. The van der Waals surface area contributed by atoms with Crippen molar-refractivity contribution in [1.82, 2.24) is 15.3 Å². The van der Waals surface area contributed by atoms with Crippen LogP contribution in [0.2, 0.25) is 0 Å². The van der Waals surface area contributed by atoms with Crippen molar-refractivity contribution in [2.75, 3.05) is 24.5 Å². The molecule has 0 aliphatic carbocycles. The van der Waals surface area contributed by atoms with Crippen molar-refractivity contribution in [2.45, 2.75) is 32.2 Å². The SMILES string of the molecule is CCc1nc(N2CCCC3CNCC32)cc(=O)[nH]1. The van der Waals surface area contributed by atoms with E-state index in [0.29, 0.717) is 12.0 Å². The molecular formula is C13H20N4O. The summed E-state index contributed by atoms with van der Waals surface area (Å²) in [6.07, 6.45) is 3.25. The third-order valence-electron chi connectivity index (χ3n) is 4.08. The van der Waals surface area contributed by atoms with Crippen LogP contribution in [0.5, 0.6) is 0 Å². The smallest absolute Gasteiger partial charge is 0.252 e. The van der Waals surface area contributed by atoms with Crippen molar-refractivity contribution in [1.29, 1.82) is 0 Å². The van der Waals surface area contributed by atoms with E-state index in [-0.39, 0.29) is 5.56 Å². The molecule has 0 aromatic carbocycles. The van der Waals surface area contributed by atoms with Crippen molar-refractivity contribution in [3.8, 4) is 0 Å². The van der Waals surface area contributed by atoms with Crippen LogP contribution in [-0.4, -0.2) is 35.6 Å². The van der Waals surface area contributed by atoms with Gasteiger partial charge in [-0.25, -0.2) is 4.98 Å². The van der Waals surface area contributed by atoms with Crippen molar-refractivity contribution in [3.63, 3.8) is 0 Å². The average molecular weight is 248 g/mol. The van der Waals surface area contributed by atoms with E-state index in [2.05, 4.69) is 20.2 Å². The van der Waals surface area contributed by atoms with Crippen LogP contribution in [-0.2, 0) is 6.42 Å². The highest BCUT2D eigenvalue weighted by Gasteiger charge is 2.35. The highest BCUT2D eigenvalue weighted by atomic mass is 16.1. The number of piperidine rings is 1. The second kappa shape index (κ2) is 4.72. The average Bonchev–Trinajstić information content (AvgIpc) is 2.85. The molecule has 0 bridgehead atoms. The number of nitrogens with zero attached hydrogens (tertiary/aromatic N) is 2. The van der Waals surface area contributed by atoms with Crippen molar-refractivity contribution in [3.05, 3.63) is 22.2 Å². The number of fused-ring (bicyclic) bond motifs is 1. The third-order valence-corrected chi connectivity index (χ3v) is 4.08. The summed E-state index contributed by atoms with van der Waals surface area (Å²) in [5.41, 5.74) is -0.0371. The van der Waals surface area contributed by atoms with E-state index in [9.17, 15) is 4.79 Å². The van der Waals surface area contributed by atoms with Gasteiger partial charge < -0.3 is 15.2 Å². The lowest BCUT2D eigenvalue weighted by atomic mass is 9.92. The van der Waals surface area contributed by atoms with Crippen molar-refractivity contribution >= 4 is 5.82 Å². The van der Waals surface area contributed by atoms with Gasteiger partial charge in [-0.05, 0) is 18.8 Å². The van der Waals surface area contributed by atoms with Crippen molar-refractivity contribution in [2.24, 2.45) is 5.92 Å². The molecule has 2 saturated heterocycles. The van der Waals surface area contributed by atoms with Crippen LogP contribution >= 0.6 is 0 Å². The Morgan fingerprint density at radius 1 is 1.50 bits per heavy atom. The third kappa shape index (κ3) is 2.03. The Bertz CT molecular complexity index is 484. The van der Waals surface area contributed by atoms with Gasteiger partial charge in [0.2, 0.25) is 0 Å². The molecule has 3 heterocycles. The molecule has 2 fully saturated rings. The molecule has 5 heteroatoms. The molecule has 0 amide bonds. The van der Waals surface area contributed by atoms with E-state index in [1.54, 1.807) is 6.07 Å². The minimum absolute atomic E-state index is 0.0371. The van der Waals surface area contributed by atoms with Gasteiger partial charge >= 0.3 is 0 Å². The first-order valence-corrected chi connectivity index (χ1v) is 6.85. The topological polar surface area (TPSA) is 61.0 Å². The molecule has 2 N–H and O–H groups in total. The molecule has 3 rings (SSSR count). The largest absolute Gasteiger partial charge is 0.352 e. The standard InChI is InChI=1S/C13H20N4O/c1-2-11-15-12(6-13(18)16-11)17-5-3-4-9-7-14-8-10(9)17/h6,9-10,14H,2-5,7-8H2,1H3,(H,15,16,18). The molecule has 2 atom stereocenters. The molecule has 0 spiro atoms. The van der Waals surface area contributed by atoms with E-state index in [4.69, 9.17) is 0 Å². The summed E-state index contributed by atoms with van der Waals surface area (Å²) in [5.74, 6) is 2.35. The van der Waals surface area contributed by atoms with Crippen LogP contribution in [0.4, 0.5) is 5.82 Å². The molecule has 0 saturated carbocycles. The van der Waals surface area contributed by atoms with Crippen LogP contribution in [0.15, 0.2) is 10.9 Å². The zero-order valence-electron chi connectivity index (χ0n) is 10.8. The minimum atomic E-state index is -0.0371. The number of rotatable bonds is 2. The summed E-state index contributed by atoms with van der Waals surface area (Å²) >= 11 is 0. The highest BCUT2D eigenvalue weighted by Crippen LogP contribution is 2.29. The molecule has 18 heavy (non-hydrogen) atoms. The van der Waals surface area contributed by atoms with Gasteiger partial charge in [-0.3, -0.25) is 4.79 Å². The summed E-state index contributed by atoms with van der Waals surface area (Å²) in [5, 5.41) is 3.45. The van der Waals surface area contributed by atoms with Gasteiger partial charge in [0.25, 0.3) is 5.56 Å². The van der Waals surface area contributed by atoms with Gasteiger partial charge in [0.1, 0.15) is 11.6 Å². The van der Waals surface area contributed by atoms with Gasteiger partial charge in [0.05, 0.1) is 0 Å². The first-order valence-electron chi connectivity index (χ1n) is 6.85. The molecule has 5 nitrogen and oxygen atoms in total. The van der Waals surface area contributed by atoms with Gasteiger partial charge in [0, 0.05) is 38.2 Å². The lowest BCUT2D eigenvalue weighted by molar-refractivity contribution is 0.383. The van der Waals surface area contributed by atoms with Crippen LogP contribution in [0.25, 0.3) is 0 Å². The number of aromatic amines is 1. The minimum Gasteiger partial charge on any atom is -0.352 e. The summed E-state index contributed by atoms with van der Waals surface area (Å²) in [6.45, 7) is 5.15. The number of anilines is 1. The summed E-state index contributed by atoms with van der Waals surface area (Å²) in [4.78, 5) is 21.4. The van der Waals surface area contributed by atoms with Crippen LogP contribution in [0, 0.1) is 5.92 Å². The van der Waals surface area contributed by atoms with Gasteiger partial charge in [-0.15, -0.1) is 0 Å². The second-order valence-electron chi connectivity index (χ2n) is 5.23. The maximum atomic E-state index is 11.7. The lowest BCUT2D eigenvalue weighted by Gasteiger charge is -2.37. The maximum absolute atomic E-state index is 11.7. The summed E-state index contributed by atoms with van der Waals surface area (Å²) in [6, 6.07) is 2.15. The Hall–Kier alpha value is -1.36. The second-order valence-corrected chi connectivity index (χ2v) is 5.23. The fourth-order valence-corrected chi connectivity index (χ4v) is 3.16. The zero-order chi connectivity index (χ0) is 12.5. The fourth-order valence-electron chi connectivity index (χ4n) is 3.16. The van der Waals surface area contributed by atoms with Gasteiger partial charge in [0.15, 0.2) is 0 Å². The Morgan fingerprint density at radius 2 is 2.39 bits per heavy atom. The molecule has 1 aromatic heterocycles. The van der Waals surface area contributed by atoms with Crippen LogP contribution in [0.1, 0.15) is 25.6 Å². The Kier molecular flexibility index (Phi) is 3.07. The maximum Gasteiger partial charge on any atom is 0.252 e. The first kappa shape index (κ1) is 11.7. The highest BCUT2D eigenvalue weighted by molar-refractivity contribution is 5.40. The fraction of sp³-hybridized carbons (Fsp3) is 0.692. The Morgan fingerprint density at radius 3 is 3.22 bits per heavy atom. The number of H-pyrrole nitrogens is 1. The zero-order valence-corrected chi connectivity index (χ0v) is 10.8. The van der Waals surface area contributed by atoms with Crippen molar-refractivity contribution < 1.29 is 0 Å². The molecule has 2 aliphatic heterocycles. The lowest BCUT2D eigenvalue weighted by Crippen LogP contribution is -2.46. The van der Waals surface area contributed by atoms with E-state index < -0.39 is 0 Å². The van der Waals surface area contributed by atoms with E-state index >= 15 is 0 Å². The molecule has 1 aromatic rings. The predicted octanol–water partition coefficient (Wildman–Crippen LogP) is 0.520.